The van der Waals surface area contributed by atoms with E-state index in [4.69, 9.17) is 16.1 Å². The second-order valence-corrected chi connectivity index (χ2v) is 7.79. The van der Waals surface area contributed by atoms with E-state index in [1.807, 2.05) is 36.5 Å². The van der Waals surface area contributed by atoms with E-state index in [1.165, 1.54) is 24.8 Å². The molecule has 0 bridgehead atoms. The lowest BCUT2D eigenvalue weighted by Gasteiger charge is -2.08. The van der Waals surface area contributed by atoms with Crippen molar-refractivity contribution in [3.05, 3.63) is 89.7 Å². The molecule has 0 fully saturated rings. The Bertz CT molecular complexity index is 1170. The Labute approximate surface area is 184 Å². The SMILES string of the molecule is C#Cc1ccc2nc(-c3ccc(OCCCCCC)cc3)c(Cc3ccccc3)n2c1. The van der Waals surface area contributed by atoms with E-state index in [1.54, 1.807) is 0 Å². The minimum absolute atomic E-state index is 0.766. The number of rotatable bonds is 9. The minimum Gasteiger partial charge on any atom is -0.494 e. The number of hydrogen-bond acceptors (Lipinski definition) is 2. The third-order valence-electron chi connectivity index (χ3n) is 5.49. The Morgan fingerprint density at radius 3 is 2.48 bits per heavy atom. The molecule has 2 aromatic carbocycles. The normalized spacial score (nSPS) is 10.8. The summed E-state index contributed by atoms with van der Waals surface area (Å²) in [6.45, 7) is 2.99. The maximum atomic E-state index is 5.91. The van der Waals surface area contributed by atoms with Crippen molar-refractivity contribution in [3.8, 4) is 29.4 Å². The number of hydrogen-bond donors (Lipinski definition) is 0. The molecule has 3 nitrogen and oxygen atoms in total. The summed E-state index contributed by atoms with van der Waals surface area (Å²) in [5.74, 6) is 3.64. The van der Waals surface area contributed by atoms with Crippen LogP contribution in [-0.2, 0) is 6.42 Å². The van der Waals surface area contributed by atoms with Crippen LogP contribution in [0.3, 0.4) is 0 Å². The van der Waals surface area contributed by atoms with E-state index in [-0.39, 0.29) is 0 Å². The number of terminal acetylenes is 1. The number of benzene rings is 2. The van der Waals surface area contributed by atoms with Gasteiger partial charge in [-0.25, -0.2) is 4.98 Å². The average molecular weight is 409 g/mol. The molecule has 0 aliphatic rings. The maximum Gasteiger partial charge on any atom is 0.137 e. The van der Waals surface area contributed by atoms with Crippen molar-refractivity contribution in [2.24, 2.45) is 0 Å². The van der Waals surface area contributed by atoms with E-state index >= 15 is 0 Å². The number of imidazole rings is 1. The van der Waals surface area contributed by atoms with Gasteiger partial charge in [0.1, 0.15) is 11.4 Å². The number of unbranched alkanes of at least 4 members (excludes halogenated alkanes) is 3. The van der Waals surface area contributed by atoms with Crippen molar-refractivity contribution in [2.75, 3.05) is 6.61 Å². The monoisotopic (exact) mass is 408 g/mol. The Hall–Kier alpha value is -3.51. The molecule has 156 valence electrons. The van der Waals surface area contributed by atoms with Crippen molar-refractivity contribution < 1.29 is 4.74 Å². The molecule has 0 saturated heterocycles. The molecular formula is C28H28N2O. The van der Waals surface area contributed by atoms with Gasteiger partial charge in [-0.15, -0.1) is 6.42 Å². The van der Waals surface area contributed by atoms with Gasteiger partial charge in [-0.2, -0.15) is 0 Å². The fourth-order valence-corrected chi connectivity index (χ4v) is 3.80. The highest BCUT2D eigenvalue weighted by Crippen LogP contribution is 2.28. The maximum absolute atomic E-state index is 5.91. The van der Waals surface area contributed by atoms with Crippen molar-refractivity contribution in [1.82, 2.24) is 9.38 Å². The van der Waals surface area contributed by atoms with Crippen LogP contribution in [-0.4, -0.2) is 16.0 Å². The molecule has 0 amide bonds. The number of pyridine rings is 1. The lowest BCUT2D eigenvalue weighted by molar-refractivity contribution is 0.305. The van der Waals surface area contributed by atoms with Gasteiger partial charge in [-0.1, -0.05) is 62.4 Å². The van der Waals surface area contributed by atoms with Gasteiger partial charge >= 0.3 is 0 Å². The van der Waals surface area contributed by atoms with Crippen LogP contribution in [0.4, 0.5) is 0 Å². The minimum atomic E-state index is 0.766. The van der Waals surface area contributed by atoms with Crippen LogP contribution in [0.15, 0.2) is 72.9 Å². The summed E-state index contributed by atoms with van der Waals surface area (Å²) < 4.78 is 8.03. The molecule has 0 saturated carbocycles. The zero-order valence-electron chi connectivity index (χ0n) is 18.1. The Morgan fingerprint density at radius 2 is 1.74 bits per heavy atom. The van der Waals surface area contributed by atoms with Gasteiger partial charge in [-0.3, -0.25) is 0 Å². The van der Waals surface area contributed by atoms with Crippen LogP contribution in [0.25, 0.3) is 16.9 Å². The molecule has 4 rings (SSSR count). The molecule has 3 heteroatoms. The molecule has 0 radical (unpaired) electrons. The Balaban J connectivity index is 1.63. The molecule has 4 aromatic rings. The fourth-order valence-electron chi connectivity index (χ4n) is 3.80. The molecule has 0 aliphatic heterocycles. The molecule has 0 aliphatic carbocycles. The van der Waals surface area contributed by atoms with Crippen LogP contribution in [0.5, 0.6) is 5.75 Å². The second-order valence-electron chi connectivity index (χ2n) is 7.79. The van der Waals surface area contributed by atoms with E-state index in [2.05, 4.69) is 53.6 Å². The Kier molecular flexibility index (Phi) is 6.69. The highest BCUT2D eigenvalue weighted by atomic mass is 16.5. The van der Waals surface area contributed by atoms with Crippen molar-refractivity contribution >= 4 is 5.65 Å². The van der Waals surface area contributed by atoms with Crippen LogP contribution in [0.1, 0.15) is 49.4 Å². The van der Waals surface area contributed by atoms with Gasteiger partial charge < -0.3 is 9.14 Å². The topological polar surface area (TPSA) is 26.5 Å². The van der Waals surface area contributed by atoms with E-state index in [0.29, 0.717) is 0 Å². The third kappa shape index (κ3) is 4.98. The predicted molar refractivity (Wildman–Crippen MR) is 127 cm³/mol. The summed E-state index contributed by atoms with van der Waals surface area (Å²) in [5, 5.41) is 0. The number of ether oxygens (including phenoxy) is 1. The number of nitrogens with zero attached hydrogens (tertiary/aromatic N) is 2. The lowest BCUT2D eigenvalue weighted by Crippen LogP contribution is -1.98. The van der Waals surface area contributed by atoms with Gasteiger partial charge in [0.25, 0.3) is 0 Å². The zero-order valence-corrected chi connectivity index (χ0v) is 18.1. The van der Waals surface area contributed by atoms with E-state index < -0.39 is 0 Å². The first-order chi connectivity index (χ1) is 15.3. The quantitative estimate of drug-likeness (QED) is 0.232. The first kappa shape index (κ1) is 20.8. The average Bonchev–Trinajstić information content (AvgIpc) is 3.17. The van der Waals surface area contributed by atoms with Crippen molar-refractivity contribution in [1.29, 1.82) is 0 Å². The van der Waals surface area contributed by atoms with Crippen LogP contribution in [0, 0.1) is 12.3 Å². The van der Waals surface area contributed by atoms with Crippen molar-refractivity contribution in [3.63, 3.8) is 0 Å². The van der Waals surface area contributed by atoms with Crippen molar-refractivity contribution in [2.45, 2.75) is 39.0 Å². The standard InChI is InChI=1S/C28H28N2O/c1-3-5-6-10-19-31-25-16-14-24(15-17-25)28-26(20-23-11-8-7-9-12-23)30-21-22(4-2)13-18-27(30)29-28/h2,7-9,11-18,21H,3,5-6,10,19-20H2,1H3. The highest BCUT2D eigenvalue weighted by molar-refractivity contribution is 5.68. The fraction of sp³-hybridized carbons (Fsp3) is 0.250. The zero-order chi connectivity index (χ0) is 21.5. The van der Waals surface area contributed by atoms with Crippen LogP contribution < -0.4 is 4.74 Å². The molecule has 31 heavy (non-hydrogen) atoms. The molecule has 0 spiro atoms. The lowest BCUT2D eigenvalue weighted by atomic mass is 10.0. The third-order valence-corrected chi connectivity index (χ3v) is 5.49. The van der Waals surface area contributed by atoms with Gasteiger partial charge in [0, 0.05) is 23.7 Å². The second kappa shape index (κ2) is 10.00. The van der Waals surface area contributed by atoms with Gasteiger partial charge in [0.05, 0.1) is 18.0 Å². The number of aromatic nitrogens is 2. The largest absolute Gasteiger partial charge is 0.494 e. The molecule has 0 unspecified atom stereocenters. The van der Waals surface area contributed by atoms with Crippen LogP contribution in [0.2, 0.25) is 0 Å². The van der Waals surface area contributed by atoms with Gasteiger partial charge in [0.2, 0.25) is 0 Å². The van der Waals surface area contributed by atoms with Crippen LogP contribution >= 0.6 is 0 Å². The summed E-state index contributed by atoms with van der Waals surface area (Å²) in [6.07, 6.45) is 13.2. The summed E-state index contributed by atoms with van der Waals surface area (Å²) in [7, 11) is 0. The first-order valence-electron chi connectivity index (χ1n) is 11.0. The smallest absolute Gasteiger partial charge is 0.137 e. The first-order valence-corrected chi connectivity index (χ1v) is 11.0. The molecule has 2 aromatic heterocycles. The molecular weight excluding hydrogens is 380 g/mol. The number of fused-ring (bicyclic) bond motifs is 1. The predicted octanol–water partition coefficient (Wildman–Crippen LogP) is 6.53. The summed E-state index contributed by atoms with van der Waals surface area (Å²) in [5.41, 5.74) is 6.17. The highest BCUT2D eigenvalue weighted by Gasteiger charge is 2.15. The molecule has 0 atom stereocenters. The summed E-state index contributed by atoms with van der Waals surface area (Å²) in [4.78, 5) is 4.93. The van der Waals surface area contributed by atoms with E-state index in [9.17, 15) is 0 Å². The Morgan fingerprint density at radius 1 is 0.935 bits per heavy atom. The van der Waals surface area contributed by atoms with E-state index in [0.717, 1.165) is 53.4 Å². The summed E-state index contributed by atoms with van der Waals surface area (Å²) >= 11 is 0. The van der Waals surface area contributed by atoms with Gasteiger partial charge in [-0.05, 0) is 48.4 Å². The summed E-state index contributed by atoms with van der Waals surface area (Å²) in [6, 6.07) is 22.7. The molecule has 0 N–H and O–H groups in total. The van der Waals surface area contributed by atoms with Gasteiger partial charge in [0.15, 0.2) is 0 Å². The molecule has 2 heterocycles.